The van der Waals surface area contributed by atoms with Gasteiger partial charge >= 0.3 is 11.8 Å². The second kappa shape index (κ2) is 4.99. The van der Waals surface area contributed by atoms with Gasteiger partial charge in [-0.25, -0.2) is 0 Å². The molecule has 0 radical (unpaired) electrons. The summed E-state index contributed by atoms with van der Waals surface area (Å²) in [5.41, 5.74) is 2.16. The number of hydrogen-bond acceptors (Lipinski definition) is 2. The molecule has 0 aliphatic heterocycles. The Bertz CT molecular complexity index is 422. The van der Waals surface area contributed by atoms with Crippen LogP contribution in [0.15, 0.2) is 24.3 Å². The van der Waals surface area contributed by atoms with Crippen LogP contribution in [-0.4, -0.2) is 17.9 Å². The van der Waals surface area contributed by atoms with Gasteiger partial charge in [-0.1, -0.05) is 29.8 Å². The Labute approximate surface area is 100 Å². The first-order valence-electron chi connectivity index (χ1n) is 5.79. The van der Waals surface area contributed by atoms with E-state index in [4.69, 9.17) is 0 Å². The van der Waals surface area contributed by atoms with Crippen molar-refractivity contribution in [1.82, 2.24) is 10.6 Å². The molecule has 1 aromatic rings. The van der Waals surface area contributed by atoms with Crippen molar-refractivity contribution < 1.29 is 9.59 Å². The second-order valence-corrected chi connectivity index (χ2v) is 4.42. The molecule has 0 heterocycles. The maximum Gasteiger partial charge on any atom is 0.309 e. The minimum Gasteiger partial charge on any atom is -0.345 e. The van der Waals surface area contributed by atoms with E-state index in [1.54, 1.807) is 0 Å². The van der Waals surface area contributed by atoms with Crippen molar-refractivity contribution in [3.8, 4) is 0 Å². The molecule has 0 atom stereocenters. The lowest BCUT2D eigenvalue weighted by Crippen LogP contribution is -2.40. The lowest BCUT2D eigenvalue weighted by molar-refractivity contribution is -0.139. The molecule has 1 saturated carbocycles. The van der Waals surface area contributed by atoms with E-state index in [9.17, 15) is 9.59 Å². The van der Waals surface area contributed by atoms with Crippen LogP contribution in [0.4, 0.5) is 0 Å². The van der Waals surface area contributed by atoms with E-state index in [1.165, 1.54) is 5.56 Å². The highest BCUT2D eigenvalue weighted by Gasteiger charge is 2.26. The van der Waals surface area contributed by atoms with Gasteiger partial charge in [-0.2, -0.15) is 0 Å². The minimum absolute atomic E-state index is 0.215. The van der Waals surface area contributed by atoms with Crippen molar-refractivity contribution >= 4 is 11.8 Å². The first kappa shape index (κ1) is 11.6. The SMILES string of the molecule is Cc1ccc(CNC(=O)C(=O)NC2CC2)cc1. The fraction of sp³-hybridized carbons (Fsp3) is 0.385. The maximum absolute atomic E-state index is 11.4. The van der Waals surface area contributed by atoms with Gasteiger partial charge in [-0.15, -0.1) is 0 Å². The lowest BCUT2D eigenvalue weighted by atomic mass is 10.1. The first-order chi connectivity index (χ1) is 8.15. The number of carbonyl (C=O) groups is 2. The van der Waals surface area contributed by atoms with Gasteiger partial charge in [0.15, 0.2) is 0 Å². The topological polar surface area (TPSA) is 58.2 Å². The highest BCUT2D eigenvalue weighted by atomic mass is 16.2. The molecule has 2 N–H and O–H groups in total. The molecule has 0 unspecified atom stereocenters. The van der Waals surface area contributed by atoms with Gasteiger partial charge in [-0.05, 0) is 25.3 Å². The van der Waals surface area contributed by atoms with Gasteiger partial charge in [0.2, 0.25) is 0 Å². The average Bonchev–Trinajstić information content (AvgIpc) is 3.11. The predicted octanol–water partition coefficient (Wildman–Crippen LogP) is 0.890. The Morgan fingerprint density at radius 3 is 2.41 bits per heavy atom. The molecule has 1 aliphatic rings. The Morgan fingerprint density at radius 2 is 1.82 bits per heavy atom. The monoisotopic (exact) mass is 232 g/mol. The van der Waals surface area contributed by atoms with Gasteiger partial charge in [-0.3, -0.25) is 9.59 Å². The van der Waals surface area contributed by atoms with Gasteiger partial charge in [0.25, 0.3) is 0 Å². The van der Waals surface area contributed by atoms with Crippen LogP contribution in [0.3, 0.4) is 0 Å². The van der Waals surface area contributed by atoms with E-state index in [-0.39, 0.29) is 6.04 Å². The summed E-state index contributed by atoms with van der Waals surface area (Å²) in [4.78, 5) is 22.8. The quantitative estimate of drug-likeness (QED) is 0.760. The third-order valence-corrected chi connectivity index (χ3v) is 2.69. The van der Waals surface area contributed by atoms with Crippen LogP contribution >= 0.6 is 0 Å². The van der Waals surface area contributed by atoms with E-state index < -0.39 is 11.8 Å². The standard InChI is InChI=1S/C13H16N2O2/c1-9-2-4-10(5-3-9)8-14-12(16)13(17)15-11-6-7-11/h2-5,11H,6-8H2,1H3,(H,14,16)(H,15,17). The molecule has 90 valence electrons. The number of hydrogen-bond donors (Lipinski definition) is 2. The molecule has 1 aliphatic carbocycles. The number of nitrogens with one attached hydrogen (secondary N) is 2. The summed E-state index contributed by atoms with van der Waals surface area (Å²) in [6, 6.07) is 8.05. The second-order valence-electron chi connectivity index (χ2n) is 4.42. The molecule has 0 spiro atoms. The van der Waals surface area contributed by atoms with Crippen LogP contribution in [0.2, 0.25) is 0 Å². The van der Waals surface area contributed by atoms with E-state index in [1.807, 2.05) is 31.2 Å². The first-order valence-corrected chi connectivity index (χ1v) is 5.79. The molecule has 2 amide bonds. The van der Waals surface area contributed by atoms with Gasteiger partial charge in [0.05, 0.1) is 0 Å². The number of rotatable bonds is 3. The summed E-state index contributed by atoms with van der Waals surface area (Å²) in [6.45, 7) is 2.39. The van der Waals surface area contributed by atoms with Crippen molar-refractivity contribution in [2.75, 3.05) is 0 Å². The summed E-state index contributed by atoms with van der Waals surface area (Å²) in [5, 5.41) is 5.25. The van der Waals surface area contributed by atoms with Gasteiger partial charge in [0, 0.05) is 12.6 Å². The highest BCUT2D eigenvalue weighted by Crippen LogP contribution is 2.18. The van der Waals surface area contributed by atoms with Crippen LogP contribution < -0.4 is 10.6 Å². The molecule has 2 rings (SSSR count). The van der Waals surface area contributed by atoms with Crippen molar-refractivity contribution in [2.24, 2.45) is 0 Å². The Balaban J connectivity index is 1.78. The zero-order valence-corrected chi connectivity index (χ0v) is 9.82. The van der Waals surface area contributed by atoms with Crippen molar-refractivity contribution in [1.29, 1.82) is 0 Å². The Morgan fingerprint density at radius 1 is 1.18 bits per heavy atom. The lowest BCUT2D eigenvalue weighted by Gasteiger charge is -2.05. The summed E-state index contributed by atoms with van der Waals surface area (Å²) in [5.74, 6) is -1.09. The predicted molar refractivity (Wildman–Crippen MR) is 64.2 cm³/mol. The number of amides is 2. The van der Waals surface area contributed by atoms with Crippen molar-refractivity contribution in [3.63, 3.8) is 0 Å². The normalized spacial score (nSPS) is 14.2. The molecule has 0 saturated heterocycles. The van der Waals surface area contributed by atoms with E-state index >= 15 is 0 Å². The molecular formula is C13H16N2O2. The third-order valence-electron chi connectivity index (χ3n) is 2.69. The van der Waals surface area contributed by atoms with E-state index in [0.717, 1.165) is 18.4 Å². The summed E-state index contributed by atoms with van der Waals surface area (Å²) in [7, 11) is 0. The van der Waals surface area contributed by atoms with Crippen molar-refractivity contribution in [2.45, 2.75) is 32.4 Å². The Kier molecular flexibility index (Phi) is 3.42. The zero-order chi connectivity index (χ0) is 12.3. The van der Waals surface area contributed by atoms with Crippen molar-refractivity contribution in [3.05, 3.63) is 35.4 Å². The molecule has 4 heteroatoms. The fourth-order valence-electron chi connectivity index (χ4n) is 1.45. The van der Waals surface area contributed by atoms with Crippen LogP contribution in [0.1, 0.15) is 24.0 Å². The molecule has 1 fully saturated rings. The molecular weight excluding hydrogens is 216 g/mol. The molecule has 1 aromatic carbocycles. The molecule has 4 nitrogen and oxygen atoms in total. The smallest absolute Gasteiger partial charge is 0.309 e. The van der Waals surface area contributed by atoms with Crippen LogP contribution in [0.5, 0.6) is 0 Å². The van der Waals surface area contributed by atoms with Crippen LogP contribution in [0, 0.1) is 6.92 Å². The maximum atomic E-state index is 11.4. The number of benzene rings is 1. The van der Waals surface area contributed by atoms with Gasteiger partial charge in [0.1, 0.15) is 0 Å². The molecule has 17 heavy (non-hydrogen) atoms. The average molecular weight is 232 g/mol. The Hall–Kier alpha value is -1.84. The van der Waals surface area contributed by atoms with Crippen LogP contribution in [-0.2, 0) is 16.1 Å². The summed E-state index contributed by atoms with van der Waals surface area (Å²) < 4.78 is 0. The highest BCUT2D eigenvalue weighted by molar-refractivity contribution is 6.35. The summed E-state index contributed by atoms with van der Waals surface area (Å²) in [6.07, 6.45) is 1.97. The van der Waals surface area contributed by atoms with Gasteiger partial charge < -0.3 is 10.6 Å². The largest absolute Gasteiger partial charge is 0.345 e. The molecule has 0 aromatic heterocycles. The van der Waals surface area contributed by atoms with E-state index in [0.29, 0.717) is 6.54 Å². The number of aryl methyl sites for hydroxylation is 1. The minimum atomic E-state index is -0.558. The third kappa shape index (κ3) is 3.59. The van der Waals surface area contributed by atoms with Crippen LogP contribution in [0.25, 0.3) is 0 Å². The van der Waals surface area contributed by atoms with E-state index in [2.05, 4.69) is 10.6 Å². The summed E-state index contributed by atoms with van der Waals surface area (Å²) >= 11 is 0. The number of carbonyl (C=O) groups excluding carboxylic acids is 2. The fourth-order valence-corrected chi connectivity index (χ4v) is 1.45. The zero-order valence-electron chi connectivity index (χ0n) is 9.82. The molecule has 0 bridgehead atoms.